The summed E-state index contributed by atoms with van der Waals surface area (Å²) in [6, 6.07) is 9.76. The zero-order chi connectivity index (χ0) is 15.5. The molecule has 7 heteroatoms. The van der Waals surface area contributed by atoms with Gasteiger partial charge in [-0.25, -0.2) is 4.79 Å². The summed E-state index contributed by atoms with van der Waals surface area (Å²) in [7, 11) is 2.81. The van der Waals surface area contributed by atoms with E-state index in [0.29, 0.717) is 5.56 Å². The van der Waals surface area contributed by atoms with E-state index < -0.39 is 10.8 Å². The fourth-order valence-corrected chi connectivity index (χ4v) is 1.99. The van der Waals surface area contributed by atoms with Crippen molar-refractivity contribution in [1.29, 1.82) is 0 Å². The predicted molar refractivity (Wildman–Crippen MR) is 75.8 cm³/mol. The molecule has 0 fully saturated rings. The minimum atomic E-state index is -1.93. The van der Waals surface area contributed by atoms with Crippen molar-refractivity contribution in [3.8, 4) is 11.8 Å². The molecule has 0 aliphatic carbocycles. The van der Waals surface area contributed by atoms with Crippen LogP contribution in [0.2, 0.25) is 0 Å². The Morgan fingerprint density at radius 2 is 1.67 bits per heavy atom. The first-order chi connectivity index (χ1) is 10.0. The molecule has 21 heavy (non-hydrogen) atoms. The number of alkyl halides is 1. The molecule has 6 nitrogen and oxygen atoms in total. The first kappa shape index (κ1) is 15.1. The van der Waals surface area contributed by atoms with Crippen LogP contribution in [0.5, 0.6) is 11.8 Å². The zero-order valence-electron chi connectivity index (χ0n) is 11.4. The molecule has 0 spiro atoms. The number of aromatic nitrogens is 2. The van der Waals surface area contributed by atoms with Gasteiger partial charge < -0.3 is 14.6 Å². The van der Waals surface area contributed by atoms with Gasteiger partial charge in [0.25, 0.3) is 0 Å². The van der Waals surface area contributed by atoms with Crippen molar-refractivity contribution in [2.24, 2.45) is 0 Å². The Labute approximate surface area is 126 Å². The number of carboxylic acid groups (broad SMARTS) is 1. The molecule has 2 rings (SSSR count). The Balaban J connectivity index is 2.66. The van der Waals surface area contributed by atoms with Crippen LogP contribution >= 0.6 is 11.6 Å². The zero-order valence-corrected chi connectivity index (χ0v) is 12.2. The normalized spacial score (nSPS) is 13.3. The molecule has 0 aliphatic heterocycles. The molecule has 1 N–H and O–H groups in total. The van der Waals surface area contributed by atoms with E-state index in [2.05, 4.69) is 9.97 Å². The van der Waals surface area contributed by atoms with E-state index in [-0.39, 0.29) is 17.6 Å². The minimum Gasteiger partial charge on any atom is -0.481 e. The fourth-order valence-electron chi connectivity index (χ4n) is 1.78. The van der Waals surface area contributed by atoms with Gasteiger partial charge in [-0.05, 0) is 5.56 Å². The lowest BCUT2D eigenvalue weighted by Crippen LogP contribution is -2.33. The number of ether oxygens (including phenoxy) is 2. The Morgan fingerprint density at radius 3 is 2.10 bits per heavy atom. The Hall–Kier alpha value is -2.34. The fraction of sp³-hybridized carbons (Fsp3) is 0.214. The van der Waals surface area contributed by atoms with Crippen LogP contribution in [0.25, 0.3) is 0 Å². The number of carbonyl (C=O) groups is 1. The van der Waals surface area contributed by atoms with Gasteiger partial charge in [-0.3, -0.25) is 0 Å². The van der Waals surface area contributed by atoms with Crippen molar-refractivity contribution in [2.45, 2.75) is 4.87 Å². The Kier molecular flexibility index (Phi) is 4.28. The van der Waals surface area contributed by atoms with Gasteiger partial charge in [0.2, 0.25) is 16.6 Å². The molecular formula is C14H13ClN2O4. The van der Waals surface area contributed by atoms with Gasteiger partial charge in [-0.15, -0.1) is 0 Å². The summed E-state index contributed by atoms with van der Waals surface area (Å²) in [5.74, 6) is -1.08. The number of rotatable bonds is 5. The van der Waals surface area contributed by atoms with Gasteiger partial charge in [-0.2, -0.15) is 9.97 Å². The molecule has 1 atom stereocenters. The Morgan fingerprint density at radius 1 is 1.14 bits per heavy atom. The highest BCUT2D eigenvalue weighted by molar-refractivity contribution is 6.35. The third-order valence-electron chi connectivity index (χ3n) is 2.87. The number of hydrogen-bond acceptors (Lipinski definition) is 5. The second kappa shape index (κ2) is 5.97. The van der Waals surface area contributed by atoms with Gasteiger partial charge >= 0.3 is 5.97 Å². The highest BCUT2D eigenvalue weighted by atomic mass is 35.5. The van der Waals surface area contributed by atoms with Crippen LogP contribution in [0, 0.1) is 0 Å². The van der Waals surface area contributed by atoms with E-state index in [1.54, 1.807) is 30.3 Å². The average molecular weight is 309 g/mol. The lowest BCUT2D eigenvalue weighted by Gasteiger charge is -2.21. The van der Waals surface area contributed by atoms with Gasteiger partial charge in [0.15, 0.2) is 5.82 Å². The first-order valence-corrected chi connectivity index (χ1v) is 6.35. The average Bonchev–Trinajstić information content (AvgIpc) is 2.54. The summed E-state index contributed by atoms with van der Waals surface area (Å²) in [5, 5.41) is 9.57. The third-order valence-corrected chi connectivity index (χ3v) is 3.42. The largest absolute Gasteiger partial charge is 0.481 e. The molecular weight excluding hydrogens is 296 g/mol. The summed E-state index contributed by atoms with van der Waals surface area (Å²) in [6.45, 7) is 0. The van der Waals surface area contributed by atoms with E-state index in [1.807, 2.05) is 0 Å². The molecule has 0 saturated heterocycles. The second-order valence-electron chi connectivity index (χ2n) is 4.11. The molecule has 110 valence electrons. The smallest absolute Gasteiger partial charge is 0.337 e. The SMILES string of the molecule is COc1cc(OC)nc(C(Cl)(C(=O)O)c2ccccc2)n1. The topological polar surface area (TPSA) is 81.5 Å². The molecule has 2 aromatic rings. The number of methoxy groups -OCH3 is 2. The number of carboxylic acids is 1. The van der Waals surface area contributed by atoms with Crippen LogP contribution < -0.4 is 9.47 Å². The Bertz CT molecular complexity index is 628. The molecule has 1 aromatic heterocycles. The molecule has 1 unspecified atom stereocenters. The minimum absolute atomic E-state index is 0.126. The van der Waals surface area contributed by atoms with Crippen molar-refractivity contribution in [3.05, 3.63) is 47.8 Å². The summed E-state index contributed by atoms with van der Waals surface area (Å²) in [6.07, 6.45) is 0. The predicted octanol–water partition coefficient (Wildman–Crippen LogP) is 2.06. The summed E-state index contributed by atoms with van der Waals surface area (Å²) >= 11 is 6.35. The van der Waals surface area contributed by atoms with E-state index in [4.69, 9.17) is 21.1 Å². The van der Waals surface area contributed by atoms with Gasteiger partial charge in [-0.1, -0.05) is 41.9 Å². The maximum Gasteiger partial charge on any atom is 0.337 e. The molecule has 0 bridgehead atoms. The highest BCUT2D eigenvalue weighted by Gasteiger charge is 2.44. The van der Waals surface area contributed by atoms with Crippen LogP contribution in [-0.2, 0) is 9.67 Å². The van der Waals surface area contributed by atoms with Crippen LogP contribution in [-0.4, -0.2) is 35.3 Å². The molecule has 0 aliphatic rings. The van der Waals surface area contributed by atoms with Crippen molar-refractivity contribution < 1.29 is 19.4 Å². The van der Waals surface area contributed by atoms with Crippen molar-refractivity contribution >= 4 is 17.6 Å². The monoisotopic (exact) mass is 308 g/mol. The lowest BCUT2D eigenvalue weighted by molar-refractivity contribution is -0.139. The summed E-state index contributed by atoms with van der Waals surface area (Å²) < 4.78 is 10.1. The number of aliphatic carboxylic acids is 1. The number of halogens is 1. The summed E-state index contributed by atoms with van der Waals surface area (Å²) in [5.41, 5.74) is 0.342. The third kappa shape index (κ3) is 2.75. The number of benzene rings is 1. The van der Waals surface area contributed by atoms with Crippen molar-refractivity contribution in [1.82, 2.24) is 9.97 Å². The molecule has 1 heterocycles. The van der Waals surface area contributed by atoms with Crippen LogP contribution in [0.3, 0.4) is 0 Å². The molecule has 0 saturated carbocycles. The van der Waals surface area contributed by atoms with Crippen LogP contribution in [0.1, 0.15) is 11.4 Å². The highest BCUT2D eigenvalue weighted by Crippen LogP contribution is 2.36. The van der Waals surface area contributed by atoms with E-state index in [1.165, 1.54) is 20.3 Å². The van der Waals surface area contributed by atoms with Crippen LogP contribution in [0.4, 0.5) is 0 Å². The summed E-state index contributed by atoms with van der Waals surface area (Å²) in [4.78, 5) is 17.9. The maximum absolute atomic E-state index is 11.7. The second-order valence-corrected chi connectivity index (χ2v) is 4.67. The molecule has 1 aromatic carbocycles. The van der Waals surface area contributed by atoms with E-state index in [0.717, 1.165) is 0 Å². The van der Waals surface area contributed by atoms with Crippen molar-refractivity contribution in [2.75, 3.05) is 14.2 Å². The van der Waals surface area contributed by atoms with Crippen molar-refractivity contribution in [3.63, 3.8) is 0 Å². The van der Waals surface area contributed by atoms with Crippen LogP contribution in [0.15, 0.2) is 36.4 Å². The molecule has 0 amide bonds. The van der Waals surface area contributed by atoms with Gasteiger partial charge in [0.05, 0.1) is 20.3 Å². The van der Waals surface area contributed by atoms with Gasteiger partial charge in [0, 0.05) is 0 Å². The quantitative estimate of drug-likeness (QED) is 0.851. The first-order valence-electron chi connectivity index (χ1n) is 5.97. The number of nitrogens with zero attached hydrogens (tertiary/aromatic N) is 2. The maximum atomic E-state index is 11.7. The number of hydrogen-bond donors (Lipinski definition) is 1. The van der Waals surface area contributed by atoms with E-state index in [9.17, 15) is 9.90 Å². The molecule has 0 radical (unpaired) electrons. The lowest BCUT2D eigenvalue weighted by atomic mass is 9.97. The van der Waals surface area contributed by atoms with Gasteiger partial charge in [0.1, 0.15) is 0 Å². The standard InChI is InChI=1S/C14H13ClN2O4/c1-20-10-8-11(21-2)17-12(16-10)14(15,13(18)19)9-6-4-3-5-7-9/h3-8H,1-2H3,(H,18,19). The van der Waals surface area contributed by atoms with E-state index >= 15 is 0 Å².